The molecular formula is C22H42BF3NO2S+. The summed E-state index contributed by atoms with van der Waals surface area (Å²) in [5, 5.41) is 3.91. The van der Waals surface area contributed by atoms with Crippen molar-refractivity contribution in [3.05, 3.63) is 10.8 Å². The molecule has 1 aromatic heterocycles. The van der Waals surface area contributed by atoms with Crippen LogP contribution in [0.4, 0.5) is 12.9 Å². The van der Waals surface area contributed by atoms with E-state index in [0.717, 1.165) is 11.5 Å². The predicted molar refractivity (Wildman–Crippen MR) is 124 cm³/mol. The fourth-order valence-corrected chi connectivity index (χ4v) is 4.12. The molecule has 2 rings (SSSR count). The Morgan fingerprint density at radius 2 is 1.03 bits per heavy atom. The molecule has 0 aromatic carbocycles. The fourth-order valence-electron chi connectivity index (χ4n) is 3.43. The molecule has 0 fully saturated rings. The normalized spacial score (nSPS) is 12.4. The van der Waals surface area contributed by atoms with Crippen LogP contribution in [0.25, 0.3) is 0 Å². The molecule has 0 amide bonds. The Morgan fingerprint density at radius 1 is 0.733 bits per heavy atom. The molecule has 0 radical (unpaired) electrons. The number of ether oxygens (including phenoxy) is 2. The molecule has 1 aromatic rings. The molecule has 2 heterocycles. The second-order valence-electron chi connectivity index (χ2n) is 7.69. The van der Waals surface area contributed by atoms with Crippen LogP contribution in [0, 0.1) is 0 Å². The first-order chi connectivity index (χ1) is 14.4. The van der Waals surface area contributed by atoms with Gasteiger partial charge in [-0.15, -0.1) is 11.3 Å². The number of unbranched alkanes of at least 4 members (excludes halogenated alkanes) is 4. The van der Waals surface area contributed by atoms with Gasteiger partial charge in [0.05, 0.1) is 26.2 Å². The lowest BCUT2D eigenvalue weighted by molar-refractivity contribution is -0.929. The van der Waals surface area contributed by atoms with Crippen molar-refractivity contribution in [1.29, 1.82) is 0 Å². The van der Waals surface area contributed by atoms with Crippen molar-refractivity contribution in [3.63, 3.8) is 0 Å². The van der Waals surface area contributed by atoms with Gasteiger partial charge in [-0.05, 0) is 25.7 Å². The zero-order chi connectivity index (χ0) is 22.7. The van der Waals surface area contributed by atoms with Gasteiger partial charge in [0.2, 0.25) is 0 Å². The molecule has 30 heavy (non-hydrogen) atoms. The first-order valence-corrected chi connectivity index (χ1v) is 12.5. The summed E-state index contributed by atoms with van der Waals surface area (Å²) >= 11 is 1.61. The molecule has 8 heteroatoms. The van der Waals surface area contributed by atoms with E-state index in [0.29, 0.717) is 13.2 Å². The average molecular weight is 452 g/mol. The minimum absolute atomic E-state index is 0.684. The van der Waals surface area contributed by atoms with Crippen molar-refractivity contribution < 1.29 is 26.9 Å². The maximum atomic E-state index is 9.67. The van der Waals surface area contributed by atoms with Gasteiger partial charge in [0.15, 0.2) is 11.5 Å². The Hall–Kier alpha value is -0.885. The third-order valence-electron chi connectivity index (χ3n) is 5.14. The number of rotatable bonds is 12. The van der Waals surface area contributed by atoms with Gasteiger partial charge in [-0.25, -0.2) is 0 Å². The standard InChI is InChI=1S/C16H36N.C6H6O2S.BF3/c1-5-9-13-17(14-10-6-2,15-11-7-3)16-12-8-4;1-2-8-6-4-9-3-5(6)7-1;2-1(3)4/h5-16H2,1-4H3;3-4H,1-2H2;/q+1;;. The molecule has 0 unspecified atom stereocenters. The summed E-state index contributed by atoms with van der Waals surface area (Å²) in [4.78, 5) is 0. The number of quaternary nitrogens is 1. The molecule has 176 valence electrons. The van der Waals surface area contributed by atoms with E-state index in [9.17, 15) is 12.9 Å². The highest BCUT2D eigenvalue weighted by atomic mass is 32.1. The van der Waals surface area contributed by atoms with Crippen molar-refractivity contribution >= 4 is 18.9 Å². The van der Waals surface area contributed by atoms with Gasteiger partial charge in [-0.1, -0.05) is 53.4 Å². The monoisotopic (exact) mass is 452 g/mol. The lowest BCUT2D eigenvalue weighted by atomic mass is 10.1. The molecule has 0 saturated carbocycles. The number of hydrogen-bond acceptors (Lipinski definition) is 3. The van der Waals surface area contributed by atoms with E-state index < -0.39 is 7.54 Å². The summed E-state index contributed by atoms with van der Waals surface area (Å²) in [6.07, 6.45) is 11.1. The number of fused-ring (bicyclic) bond motifs is 1. The summed E-state index contributed by atoms with van der Waals surface area (Å²) in [5.41, 5.74) is 0. The van der Waals surface area contributed by atoms with Crippen LogP contribution >= 0.6 is 11.3 Å². The molecule has 0 saturated heterocycles. The van der Waals surface area contributed by atoms with E-state index in [1.807, 2.05) is 10.8 Å². The summed E-state index contributed by atoms with van der Waals surface area (Å²) in [6.45, 7) is 16.4. The Labute approximate surface area is 186 Å². The lowest BCUT2D eigenvalue weighted by Crippen LogP contribution is -2.50. The van der Waals surface area contributed by atoms with Crippen LogP contribution in [-0.2, 0) is 0 Å². The quantitative estimate of drug-likeness (QED) is 0.243. The van der Waals surface area contributed by atoms with Crippen LogP contribution in [0.5, 0.6) is 11.5 Å². The van der Waals surface area contributed by atoms with Crippen LogP contribution in [0.2, 0.25) is 0 Å². The zero-order valence-corrected chi connectivity index (χ0v) is 20.3. The molecule has 1 aliphatic heterocycles. The molecule has 3 nitrogen and oxygen atoms in total. The first kappa shape index (κ1) is 29.1. The second-order valence-corrected chi connectivity index (χ2v) is 8.44. The van der Waals surface area contributed by atoms with Crippen molar-refractivity contribution in [1.82, 2.24) is 0 Å². The van der Waals surface area contributed by atoms with Gasteiger partial charge in [0.25, 0.3) is 0 Å². The minimum Gasteiger partial charge on any atom is -0.485 e. The third-order valence-corrected chi connectivity index (χ3v) is 5.84. The number of hydrogen-bond donors (Lipinski definition) is 0. The lowest BCUT2D eigenvalue weighted by Gasteiger charge is -2.39. The van der Waals surface area contributed by atoms with Crippen molar-refractivity contribution in [2.24, 2.45) is 0 Å². The molecule has 0 aliphatic carbocycles. The van der Waals surface area contributed by atoms with Crippen molar-refractivity contribution in [2.45, 2.75) is 79.1 Å². The highest BCUT2D eigenvalue weighted by Crippen LogP contribution is 2.33. The first-order valence-electron chi connectivity index (χ1n) is 11.5. The molecule has 0 bridgehead atoms. The molecular weight excluding hydrogens is 410 g/mol. The van der Waals surface area contributed by atoms with E-state index in [1.54, 1.807) is 11.3 Å². The Morgan fingerprint density at radius 3 is 1.30 bits per heavy atom. The Kier molecular flexibility index (Phi) is 18.3. The van der Waals surface area contributed by atoms with E-state index in [-0.39, 0.29) is 0 Å². The largest absolute Gasteiger partial charge is 0.762 e. The van der Waals surface area contributed by atoms with Gasteiger partial charge < -0.3 is 14.0 Å². The summed E-state index contributed by atoms with van der Waals surface area (Å²) in [7, 11) is -3.67. The van der Waals surface area contributed by atoms with Gasteiger partial charge in [0.1, 0.15) is 13.2 Å². The SMILES string of the molecule is CCCC[N+](CCCC)(CCCC)CCCC.FB(F)F.c1scc2c1OCCO2. The van der Waals surface area contributed by atoms with Crippen molar-refractivity contribution in [3.8, 4) is 11.5 Å². The third kappa shape index (κ3) is 14.2. The van der Waals surface area contributed by atoms with Crippen LogP contribution in [0.3, 0.4) is 0 Å². The highest BCUT2D eigenvalue weighted by molar-refractivity contribution is 7.08. The van der Waals surface area contributed by atoms with Crippen molar-refractivity contribution in [2.75, 3.05) is 39.4 Å². The van der Waals surface area contributed by atoms with Gasteiger partial charge >= 0.3 is 7.54 Å². The van der Waals surface area contributed by atoms with Crippen LogP contribution in [0.1, 0.15) is 79.1 Å². The van der Waals surface area contributed by atoms with Gasteiger partial charge in [-0.3, -0.25) is 12.9 Å². The fraction of sp³-hybridized carbons (Fsp3) is 0.818. The summed E-state index contributed by atoms with van der Waals surface area (Å²) < 4.78 is 40.9. The maximum Gasteiger partial charge on any atom is 0.762 e. The highest BCUT2D eigenvalue weighted by Gasteiger charge is 2.24. The average Bonchev–Trinajstić information content (AvgIpc) is 3.22. The Balaban J connectivity index is 0.000000528. The summed E-state index contributed by atoms with van der Waals surface area (Å²) in [6, 6.07) is 0. The molecule has 0 spiro atoms. The van der Waals surface area contributed by atoms with E-state index in [1.165, 1.54) is 82.0 Å². The summed E-state index contributed by atoms with van der Waals surface area (Å²) in [5.74, 6) is 1.79. The number of halogens is 3. The smallest absolute Gasteiger partial charge is 0.485 e. The maximum absolute atomic E-state index is 9.67. The second kappa shape index (κ2) is 18.8. The molecule has 0 atom stereocenters. The Bertz CT molecular complexity index is 446. The number of thiophene rings is 1. The number of nitrogens with zero attached hydrogens (tertiary/aromatic N) is 1. The topological polar surface area (TPSA) is 18.5 Å². The molecule has 1 aliphatic rings. The van der Waals surface area contributed by atoms with E-state index >= 15 is 0 Å². The van der Waals surface area contributed by atoms with Crippen LogP contribution in [-0.4, -0.2) is 51.4 Å². The predicted octanol–water partition coefficient (Wildman–Crippen LogP) is 7.40. The zero-order valence-electron chi connectivity index (χ0n) is 19.4. The van der Waals surface area contributed by atoms with Crippen LogP contribution in [0.15, 0.2) is 10.8 Å². The van der Waals surface area contributed by atoms with E-state index in [4.69, 9.17) is 9.47 Å². The minimum atomic E-state index is -3.67. The van der Waals surface area contributed by atoms with Gasteiger partial charge in [0, 0.05) is 10.8 Å². The molecule has 0 N–H and O–H groups in total. The van der Waals surface area contributed by atoms with Gasteiger partial charge in [-0.2, -0.15) is 0 Å². The van der Waals surface area contributed by atoms with E-state index in [2.05, 4.69) is 27.7 Å². The van der Waals surface area contributed by atoms with Crippen LogP contribution < -0.4 is 9.47 Å².